The van der Waals surface area contributed by atoms with Crippen LogP contribution in [0.1, 0.15) is 34.9 Å². The van der Waals surface area contributed by atoms with Gasteiger partial charge in [0.2, 0.25) is 5.91 Å². The Balaban J connectivity index is 1.51. The van der Waals surface area contributed by atoms with Crippen molar-refractivity contribution in [2.45, 2.75) is 32.7 Å². The number of rotatable bonds is 4. The first-order valence-electron chi connectivity index (χ1n) is 8.70. The Bertz CT molecular complexity index is 919. The lowest BCUT2D eigenvalue weighted by Crippen LogP contribution is -2.28. The van der Waals surface area contributed by atoms with Crippen molar-refractivity contribution in [1.29, 1.82) is 0 Å². The molecule has 1 amide bonds. The molecule has 4 rings (SSSR count). The van der Waals surface area contributed by atoms with Crippen LogP contribution in [0.3, 0.4) is 0 Å². The van der Waals surface area contributed by atoms with Gasteiger partial charge < -0.3 is 9.42 Å². The van der Waals surface area contributed by atoms with Gasteiger partial charge in [-0.2, -0.15) is 0 Å². The van der Waals surface area contributed by atoms with Crippen LogP contribution in [0.4, 0.5) is 0 Å². The van der Waals surface area contributed by atoms with Crippen LogP contribution in [0.2, 0.25) is 0 Å². The lowest BCUT2D eigenvalue weighted by Gasteiger charge is -2.17. The van der Waals surface area contributed by atoms with Crippen LogP contribution < -0.4 is 0 Å². The Kier molecular flexibility index (Phi) is 3.83. The lowest BCUT2D eigenvalue weighted by molar-refractivity contribution is -0.131. The van der Waals surface area contributed by atoms with Crippen LogP contribution in [0.5, 0.6) is 0 Å². The van der Waals surface area contributed by atoms with E-state index in [1.807, 2.05) is 25.8 Å². The molecule has 4 heteroatoms. The van der Waals surface area contributed by atoms with E-state index < -0.39 is 0 Å². The summed E-state index contributed by atoms with van der Waals surface area (Å²) in [7, 11) is 1.87. The number of carbonyl (C=O) groups excluding carboxylic acids is 1. The quantitative estimate of drug-likeness (QED) is 0.718. The van der Waals surface area contributed by atoms with Crippen LogP contribution in [0.25, 0.3) is 10.8 Å². The molecule has 0 spiro atoms. The standard InChI is InChI=1S/C21H22N2O2/c1-13-20(14(2)25-22-13)12-23(3)21(24)19-11-18(19)17-10-6-8-15-7-4-5-9-16(15)17/h4-10,18-19H,11-12H2,1-3H3/t18-,19+/m0/s1. The third kappa shape index (κ3) is 2.82. The van der Waals surface area contributed by atoms with E-state index in [1.165, 1.54) is 16.3 Å². The molecule has 0 aliphatic heterocycles. The summed E-state index contributed by atoms with van der Waals surface area (Å²) < 4.78 is 5.20. The topological polar surface area (TPSA) is 46.3 Å². The smallest absolute Gasteiger partial charge is 0.226 e. The SMILES string of the molecule is Cc1noc(C)c1CN(C)C(=O)[C@@H]1C[C@H]1c1cccc2ccccc12. The molecule has 0 saturated heterocycles. The molecule has 1 heterocycles. The van der Waals surface area contributed by atoms with Gasteiger partial charge >= 0.3 is 0 Å². The number of aryl methyl sites for hydroxylation is 2. The second kappa shape index (κ2) is 6.03. The van der Waals surface area contributed by atoms with E-state index in [-0.39, 0.29) is 11.8 Å². The number of nitrogens with zero attached hydrogens (tertiary/aromatic N) is 2. The van der Waals surface area contributed by atoms with Gasteiger partial charge in [-0.15, -0.1) is 0 Å². The summed E-state index contributed by atoms with van der Waals surface area (Å²) in [5.41, 5.74) is 3.17. The van der Waals surface area contributed by atoms with E-state index in [9.17, 15) is 4.79 Å². The van der Waals surface area contributed by atoms with Gasteiger partial charge in [0.05, 0.1) is 12.2 Å². The second-order valence-electron chi connectivity index (χ2n) is 7.01. The van der Waals surface area contributed by atoms with Gasteiger partial charge in [0.15, 0.2) is 0 Å². The lowest BCUT2D eigenvalue weighted by atomic mass is 10.00. The van der Waals surface area contributed by atoms with Crippen LogP contribution >= 0.6 is 0 Å². The van der Waals surface area contributed by atoms with E-state index in [0.29, 0.717) is 12.5 Å². The summed E-state index contributed by atoms with van der Waals surface area (Å²) in [6.45, 7) is 4.36. The zero-order valence-electron chi connectivity index (χ0n) is 14.8. The Labute approximate surface area is 147 Å². The van der Waals surface area contributed by atoms with Gasteiger partial charge in [-0.3, -0.25) is 4.79 Å². The first kappa shape index (κ1) is 15.9. The van der Waals surface area contributed by atoms with Crippen LogP contribution in [0.15, 0.2) is 47.0 Å². The third-order valence-corrected chi connectivity index (χ3v) is 5.28. The highest BCUT2D eigenvalue weighted by Crippen LogP contribution is 2.50. The van der Waals surface area contributed by atoms with Crippen molar-refractivity contribution in [2.75, 3.05) is 7.05 Å². The highest BCUT2D eigenvalue weighted by Gasteiger charge is 2.45. The summed E-state index contributed by atoms with van der Waals surface area (Å²) in [6.07, 6.45) is 0.929. The fraction of sp³-hybridized carbons (Fsp3) is 0.333. The maximum atomic E-state index is 12.8. The van der Waals surface area contributed by atoms with E-state index in [4.69, 9.17) is 4.52 Å². The van der Waals surface area contributed by atoms with Crippen LogP contribution in [0, 0.1) is 19.8 Å². The van der Waals surface area contributed by atoms with Crippen molar-refractivity contribution in [3.63, 3.8) is 0 Å². The highest BCUT2D eigenvalue weighted by atomic mass is 16.5. The first-order chi connectivity index (χ1) is 12.1. The normalized spacial score (nSPS) is 19.2. The van der Waals surface area contributed by atoms with Gasteiger partial charge in [-0.05, 0) is 42.5 Å². The molecular weight excluding hydrogens is 312 g/mol. The Morgan fingerprint density at radius 2 is 1.96 bits per heavy atom. The largest absolute Gasteiger partial charge is 0.361 e. The van der Waals surface area contributed by atoms with E-state index in [0.717, 1.165) is 23.4 Å². The molecule has 0 radical (unpaired) electrons. The molecule has 1 fully saturated rings. The Morgan fingerprint density at radius 3 is 2.72 bits per heavy atom. The maximum Gasteiger partial charge on any atom is 0.226 e. The van der Waals surface area contributed by atoms with Crippen molar-refractivity contribution in [2.24, 2.45) is 5.92 Å². The van der Waals surface area contributed by atoms with Crippen molar-refractivity contribution >= 4 is 16.7 Å². The molecule has 2 atom stereocenters. The molecule has 1 aliphatic rings. The Hall–Kier alpha value is -2.62. The molecule has 0 N–H and O–H groups in total. The van der Waals surface area contributed by atoms with Gasteiger partial charge in [0.1, 0.15) is 5.76 Å². The minimum Gasteiger partial charge on any atom is -0.361 e. The maximum absolute atomic E-state index is 12.8. The molecule has 1 aromatic heterocycles. The average Bonchev–Trinajstić information content (AvgIpc) is 3.36. The van der Waals surface area contributed by atoms with Gasteiger partial charge in [0.25, 0.3) is 0 Å². The summed E-state index contributed by atoms with van der Waals surface area (Å²) in [5.74, 6) is 1.40. The molecule has 25 heavy (non-hydrogen) atoms. The molecular formula is C21H22N2O2. The van der Waals surface area contributed by atoms with Crippen LogP contribution in [-0.4, -0.2) is 23.0 Å². The second-order valence-corrected chi connectivity index (χ2v) is 7.01. The number of benzene rings is 2. The van der Waals surface area contributed by atoms with Gasteiger partial charge in [0, 0.05) is 18.5 Å². The fourth-order valence-electron chi connectivity index (χ4n) is 3.71. The van der Waals surface area contributed by atoms with Crippen LogP contribution in [-0.2, 0) is 11.3 Å². The molecule has 0 unspecified atom stereocenters. The van der Waals surface area contributed by atoms with Gasteiger partial charge in [-0.25, -0.2) is 0 Å². The Morgan fingerprint density at radius 1 is 1.20 bits per heavy atom. The summed E-state index contributed by atoms with van der Waals surface area (Å²) >= 11 is 0. The first-order valence-corrected chi connectivity index (χ1v) is 8.70. The predicted octanol–water partition coefficient (Wildman–Crippen LogP) is 4.21. The summed E-state index contributed by atoms with van der Waals surface area (Å²) in [4.78, 5) is 14.7. The number of hydrogen-bond donors (Lipinski definition) is 0. The molecule has 128 valence electrons. The minimum atomic E-state index is 0.0799. The average molecular weight is 334 g/mol. The monoisotopic (exact) mass is 334 g/mol. The number of amides is 1. The number of hydrogen-bond acceptors (Lipinski definition) is 3. The van der Waals surface area contributed by atoms with Crippen molar-refractivity contribution in [1.82, 2.24) is 10.1 Å². The summed E-state index contributed by atoms with van der Waals surface area (Å²) in [6, 6.07) is 14.8. The highest BCUT2D eigenvalue weighted by molar-refractivity contribution is 5.89. The molecule has 1 aliphatic carbocycles. The van der Waals surface area contributed by atoms with E-state index >= 15 is 0 Å². The number of fused-ring (bicyclic) bond motifs is 1. The predicted molar refractivity (Wildman–Crippen MR) is 97.2 cm³/mol. The van der Waals surface area contributed by atoms with Crippen molar-refractivity contribution in [3.05, 3.63) is 65.0 Å². The zero-order valence-corrected chi connectivity index (χ0v) is 14.8. The zero-order chi connectivity index (χ0) is 17.6. The van der Waals surface area contributed by atoms with Crippen molar-refractivity contribution < 1.29 is 9.32 Å². The van der Waals surface area contributed by atoms with Crippen molar-refractivity contribution in [3.8, 4) is 0 Å². The molecule has 2 aromatic carbocycles. The molecule has 3 aromatic rings. The van der Waals surface area contributed by atoms with E-state index in [1.54, 1.807) is 0 Å². The van der Waals surface area contributed by atoms with Gasteiger partial charge in [-0.1, -0.05) is 47.6 Å². The summed E-state index contributed by atoms with van der Waals surface area (Å²) in [5, 5.41) is 6.47. The molecule has 0 bridgehead atoms. The number of carbonyl (C=O) groups is 1. The fourth-order valence-corrected chi connectivity index (χ4v) is 3.71. The molecule has 4 nitrogen and oxygen atoms in total. The number of aromatic nitrogens is 1. The minimum absolute atomic E-state index is 0.0799. The molecule has 1 saturated carbocycles. The third-order valence-electron chi connectivity index (χ3n) is 5.28. The van der Waals surface area contributed by atoms with E-state index in [2.05, 4.69) is 47.6 Å².